The highest BCUT2D eigenvalue weighted by Gasteiger charge is 2.16. The molecule has 0 unspecified atom stereocenters. The van der Waals surface area contributed by atoms with Crippen molar-refractivity contribution >= 4 is 28.6 Å². The molecule has 0 saturated heterocycles. The normalized spacial score (nSPS) is 10.9. The van der Waals surface area contributed by atoms with Gasteiger partial charge in [0.05, 0.1) is 13.1 Å². The van der Waals surface area contributed by atoms with E-state index in [1.54, 1.807) is 34.8 Å². The number of thiophene rings is 2. The van der Waals surface area contributed by atoms with Crippen LogP contribution in [0.15, 0.2) is 59.3 Å². The Morgan fingerprint density at radius 2 is 1.56 bits per heavy atom. The Balaban J connectivity index is 1.59. The third kappa shape index (κ3) is 6.15. The fourth-order valence-electron chi connectivity index (χ4n) is 2.66. The van der Waals surface area contributed by atoms with E-state index < -0.39 is 6.61 Å². The summed E-state index contributed by atoms with van der Waals surface area (Å²) in [5.41, 5.74) is 0.914. The third-order valence-electron chi connectivity index (χ3n) is 3.98. The van der Waals surface area contributed by atoms with Crippen LogP contribution in [0.4, 0.5) is 8.78 Å². The van der Waals surface area contributed by atoms with Crippen LogP contribution in [0.3, 0.4) is 0 Å². The molecular formula is C20H19F2NO2S2. The summed E-state index contributed by atoms with van der Waals surface area (Å²) < 4.78 is 28.8. The number of amides is 1. The van der Waals surface area contributed by atoms with E-state index >= 15 is 0 Å². The second kappa shape index (κ2) is 9.62. The molecule has 3 aromatic rings. The van der Waals surface area contributed by atoms with Gasteiger partial charge in [0, 0.05) is 16.2 Å². The molecule has 0 saturated carbocycles. The van der Waals surface area contributed by atoms with Crippen LogP contribution in [-0.4, -0.2) is 17.4 Å². The number of halogens is 2. The third-order valence-corrected chi connectivity index (χ3v) is 5.70. The molecule has 0 aliphatic heterocycles. The summed E-state index contributed by atoms with van der Waals surface area (Å²) in [4.78, 5) is 17.0. The van der Waals surface area contributed by atoms with Gasteiger partial charge in [-0.3, -0.25) is 4.79 Å². The number of ether oxygens (including phenoxy) is 1. The standard InChI is InChI=1S/C20H19F2NO2S2/c21-20(22)25-16-8-5-15(6-9-16)7-10-19(24)23(13-17-3-1-11-26-17)14-18-4-2-12-27-18/h1-6,8-9,11-12,20H,7,10,13-14H2. The van der Waals surface area contributed by atoms with Crippen LogP contribution in [-0.2, 0) is 24.3 Å². The first-order valence-electron chi connectivity index (χ1n) is 8.46. The molecule has 7 heteroatoms. The van der Waals surface area contributed by atoms with Gasteiger partial charge in [-0.2, -0.15) is 8.78 Å². The second-order valence-electron chi connectivity index (χ2n) is 5.93. The first-order chi connectivity index (χ1) is 13.1. The molecule has 3 nitrogen and oxygen atoms in total. The van der Waals surface area contributed by atoms with Crippen molar-refractivity contribution in [1.29, 1.82) is 0 Å². The van der Waals surface area contributed by atoms with Crippen LogP contribution in [0.2, 0.25) is 0 Å². The predicted molar refractivity (Wildman–Crippen MR) is 104 cm³/mol. The molecule has 0 fully saturated rings. The van der Waals surface area contributed by atoms with E-state index in [1.165, 1.54) is 12.1 Å². The first kappa shape index (κ1) is 19.5. The SMILES string of the molecule is O=C(CCc1ccc(OC(F)F)cc1)N(Cc1cccs1)Cc1cccs1. The highest BCUT2D eigenvalue weighted by atomic mass is 32.1. The molecule has 142 valence electrons. The Morgan fingerprint density at radius 1 is 0.963 bits per heavy atom. The van der Waals surface area contributed by atoms with Gasteiger partial charge < -0.3 is 9.64 Å². The largest absolute Gasteiger partial charge is 0.435 e. The van der Waals surface area contributed by atoms with Gasteiger partial charge in [-0.25, -0.2) is 0 Å². The molecule has 0 spiro atoms. The maximum atomic E-state index is 12.8. The molecule has 0 N–H and O–H groups in total. The lowest BCUT2D eigenvalue weighted by atomic mass is 10.1. The summed E-state index contributed by atoms with van der Waals surface area (Å²) in [5.74, 6) is 0.196. The second-order valence-corrected chi connectivity index (χ2v) is 8.00. The quantitative estimate of drug-likeness (QED) is 0.464. The fraction of sp³-hybridized carbons (Fsp3) is 0.250. The summed E-state index contributed by atoms with van der Waals surface area (Å²) in [6.07, 6.45) is 0.922. The molecule has 1 amide bonds. The molecule has 0 aliphatic rings. The monoisotopic (exact) mass is 407 g/mol. The van der Waals surface area contributed by atoms with E-state index in [0.717, 1.165) is 15.3 Å². The fourth-order valence-corrected chi connectivity index (χ4v) is 4.10. The van der Waals surface area contributed by atoms with Crippen LogP contribution in [0.5, 0.6) is 5.75 Å². The number of alkyl halides is 2. The van der Waals surface area contributed by atoms with Crippen molar-refractivity contribution in [2.75, 3.05) is 0 Å². The first-order valence-corrected chi connectivity index (χ1v) is 10.2. The number of hydrogen-bond acceptors (Lipinski definition) is 4. The van der Waals surface area contributed by atoms with Crippen molar-refractivity contribution in [3.63, 3.8) is 0 Å². The lowest BCUT2D eigenvalue weighted by molar-refractivity contribution is -0.132. The van der Waals surface area contributed by atoms with Gasteiger partial charge in [0.1, 0.15) is 5.75 Å². The van der Waals surface area contributed by atoms with Crippen LogP contribution < -0.4 is 4.74 Å². The average Bonchev–Trinajstić information content (AvgIpc) is 3.34. The van der Waals surface area contributed by atoms with Gasteiger partial charge in [0.2, 0.25) is 5.91 Å². The van der Waals surface area contributed by atoms with Crippen LogP contribution >= 0.6 is 22.7 Å². The smallest absolute Gasteiger partial charge is 0.387 e. The Kier molecular flexibility index (Phi) is 6.95. The van der Waals surface area contributed by atoms with Crippen molar-refractivity contribution in [3.8, 4) is 5.75 Å². The van der Waals surface area contributed by atoms with E-state index in [2.05, 4.69) is 4.74 Å². The van der Waals surface area contributed by atoms with Gasteiger partial charge in [0.15, 0.2) is 0 Å². The number of benzene rings is 1. The lowest BCUT2D eigenvalue weighted by Crippen LogP contribution is -2.29. The maximum Gasteiger partial charge on any atom is 0.387 e. The van der Waals surface area contributed by atoms with Crippen LogP contribution in [0.1, 0.15) is 21.7 Å². The van der Waals surface area contributed by atoms with E-state index in [-0.39, 0.29) is 11.7 Å². The molecule has 2 aromatic heterocycles. The Bertz CT molecular complexity index is 782. The average molecular weight is 408 g/mol. The van der Waals surface area contributed by atoms with Crippen molar-refractivity contribution in [1.82, 2.24) is 4.90 Å². The van der Waals surface area contributed by atoms with Gasteiger partial charge in [0.25, 0.3) is 0 Å². The summed E-state index contributed by atoms with van der Waals surface area (Å²) in [5, 5.41) is 4.01. The molecule has 27 heavy (non-hydrogen) atoms. The van der Waals surface area contributed by atoms with Gasteiger partial charge in [-0.15, -0.1) is 22.7 Å². The summed E-state index contributed by atoms with van der Waals surface area (Å²) in [6.45, 7) is -1.65. The van der Waals surface area contributed by atoms with Crippen molar-refractivity contribution in [3.05, 3.63) is 74.6 Å². The number of hydrogen-bond donors (Lipinski definition) is 0. The number of rotatable bonds is 9. The highest BCUT2D eigenvalue weighted by molar-refractivity contribution is 7.10. The molecular weight excluding hydrogens is 388 g/mol. The molecule has 0 atom stereocenters. The molecule has 1 aromatic carbocycles. The minimum atomic E-state index is -2.83. The van der Waals surface area contributed by atoms with Crippen molar-refractivity contribution < 1.29 is 18.3 Å². The van der Waals surface area contributed by atoms with Crippen molar-refractivity contribution in [2.45, 2.75) is 32.5 Å². The summed E-state index contributed by atoms with van der Waals surface area (Å²) >= 11 is 3.27. The topological polar surface area (TPSA) is 29.5 Å². The highest BCUT2D eigenvalue weighted by Crippen LogP contribution is 2.20. The van der Waals surface area contributed by atoms with Crippen LogP contribution in [0.25, 0.3) is 0 Å². The maximum absolute atomic E-state index is 12.8. The number of aryl methyl sites for hydroxylation is 1. The predicted octanol–water partition coefficient (Wildman–Crippen LogP) is 5.57. The zero-order chi connectivity index (χ0) is 19.1. The van der Waals surface area contributed by atoms with Gasteiger partial charge >= 0.3 is 6.61 Å². The molecule has 3 rings (SSSR count). The van der Waals surface area contributed by atoms with Gasteiger partial charge in [-0.05, 0) is 47.0 Å². The Labute approximate surface area is 164 Å². The summed E-state index contributed by atoms with van der Waals surface area (Å²) in [6, 6.07) is 14.5. The van der Waals surface area contributed by atoms with Gasteiger partial charge in [-0.1, -0.05) is 24.3 Å². The molecule has 0 radical (unpaired) electrons. The minimum Gasteiger partial charge on any atom is -0.435 e. The van der Waals surface area contributed by atoms with E-state index in [1.807, 2.05) is 39.9 Å². The van der Waals surface area contributed by atoms with E-state index in [4.69, 9.17) is 0 Å². The lowest BCUT2D eigenvalue weighted by Gasteiger charge is -2.21. The Hall–Kier alpha value is -2.25. The zero-order valence-corrected chi connectivity index (χ0v) is 16.1. The molecule has 0 bridgehead atoms. The molecule has 0 aliphatic carbocycles. The number of carbonyl (C=O) groups is 1. The zero-order valence-electron chi connectivity index (χ0n) is 14.5. The number of carbonyl (C=O) groups excluding carboxylic acids is 1. The Morgan fingerprint density at radius 3 is 2.04 bits per heavy atom. The number of nitrogens with zero attached hydrogens (tertiary/aromatic N) is 1. The summed E-state index contributed by atoms with van der Waals surface area (Å²) in [7, 11) is 0. The minimum absolute atomic E-state index is 0.0738. The molecule has 2 heterocycles. The van der Waals surface area contributed by atoms with E-state index in [0.29, 0.717) is 25.9 Å². The van der Waals surface area contributed by atoms with Crippen LogP contribution in [0, 0.1) is 0 Å². The van der Waals surface area contributed by atoms with E-state index in [9.17, 15) is 13.6 Å². The van der Waals surface area contributed by atoms with Crippen molar-refractivity contribution in [2.24, 2.45) is 0 Å².